The van der Waals surface area contributed by atoms with E-state index in [4.69, 9.17) is 0 Å². The molecule has 15 heavy (non-hydrogen) atoms. The Labute approximate surface area is 96.2 Å². The van der Waals surface area contributed by atoms with Crippen LogP contribution in [0.25, 0.3) is 5.76 Å². The molecule has 1 saturated carbocycles. The number of pyridine rings is 1. The van der Waals surface area contributed by atoms with E-state index in [0.717, 1.165) is 18.5 Å². The normalized spacial score (nSPS) is 15.3. The summed E-state index contributed by atoms with van der Waals surface area (Å²) in [7, 11) is 0. The van der Waals surface area contributed by atoms with Crippen LogP contribution in [0.5, 0.6) is 0 Å². The fraction of sp³-hybridized carbons (Fsp3) is 0.364. The Kier molecular flexibility index (Phi) is 2.46. The minimum atomic E-state index is -0.197. The van der Waals surface area contributed by atoms with Gasteiger partial charge in [0.25, 0.3) is 0 Å². The van der Waals surface area contributed by atoms with Crippen LogP contribution in [0.2, 0.25) is 0 Å². The van der Waals surface area contributed by atoms with Crippen molar-refractivity contribution >= 4 is 21.7 Å². The van der Waals surface area contributed by atoms with Gasteiger partial charge in [0.05, 0.1) is 10.0 Å². The lowest BCUT2D eigenvalue weighted by atomic mass is 10.2. The molecule has 0 saturated heterocycles. The van der Waals surface area contributed by atoms with Crippen molar-refractivity contribution in [3.05, 3.63) is 38.7 Å². The lowest BCUT2D eigenvalue weighted by molar-refractivity contribution is 0.511. The highest BCUT2D eigenvalue weighted by molar-refractivity contribution is 9.10. The topological polar surface area (TPSA) is 42.2 Å². The summed E-state index contributed by atoms with van der Waals surface area (Å²) in [6, 6.07) is 0.472. The number of halogens is 1. The zero-order valence-electron chi connectivity index (χ0n) is 8.46. The number of hydrogen-bond acceptors (Lipinski definition) is 2. The number of nitrogens with zero attached hydrogens (tertiary/aromatic N) is 1. The molecule has 1 N–H and O–H groups in total. The SMILES string of the molecule is C=C(O)c1cn(C2CC2)c(C)c(Br)c1=O. The second-order valence-corrected chi connectivity index (χ2v) is 4.65. The zero-order valence-corrected chi connectivity index (χ0v) is 10.0. The number of rotatable bonds is 2. The van der Waals surface area contributed by atoms with Crippen molar-refractivity contribution in [3.63, 3.8) is 0 Å². The van der Waals surface area contributed by atoms with E-state index >= 15 is 0 Å². The Hall–Kier alpha value is -1.03. The van der Waals surface area contributed by atoms with Gasteiger partial charge in [0.1, 0.15) is 5.76 Å². The van der Waals surface area contributed by atoms with Gasteiger partial charge in [-0.3, -0.25) is 4.79 Å². The molecule has 0 bridgehead atoms. The molecule has 1 aromatic rings. The molecule has 2 rings (SSSR count). The maximum Gasteiger partial charge on any atom is 0.206 e. The van der Waals surface area contributed by atoms with Gasteiger partial charge in [0.15, 0.2) is 0 Å². The molecule has 1 fully saturated rings. The Morgan fingerprint density at radius 1 is 1.67 bits per heavy atom. The van der Waals surface area contributed by atoms with Gasteiger partial charge in [-0.15, -0.1) is 0 Å². The molecule has 1 heterocycles. The molecule has 0 radical (unpaired) electrons. The van der Waals surface area contributed by atoms with Crippen molar-refractivity contribution in [3.8, 4) is 0 Å². The lowest BCUT2D eigenvalue weighted by Crippen LogP contribution is -2.16. The summed E-state index contributed by atoms with van der Waals surface area (Å²) < 4.78 is 2.55. The van der Waals surface area contributed by atoms with Gasteiger partial charge >= 0.3 is 0 Å². The molecule has 0 spiro atoms. The molecular formula is C11H12BrNO2. The van der Waals surface area contributed by atoms with E-state index in [1.54, 1.807) is 6.20 Å². The second kappa shape index (κ2) is 3.52. The van der Waals surface area contributed by atoms with E-state index in [9.17, 15) is 9.90 Å². The fourth-order valence-corrected chi connectivity index (χ4v) is 2.05. The van der Waals surface area contributed by atoms with Crippen LogP contribution >= 0.6 is 15.9 Å². The minimum Gasteiger partial charge on any atom is -0.508 e. The summed E-state index contributed by atoms with van der Waals surface area (Å²) in [5.74, 6) is -0.171. The molecule has 1 aliphatic rings. The maximum atomic E-state index is 11.7. The third-order valence-corrected chi connectivity index (χ3v) is 3.60. The van der Waals surface area contributed by atoms with Gasteiger partial charge in [-0.2, -0.15) is 0 Å². The smallest absolute Gasteiger partial charge is 0.206 e. The molecule has 1 aromatic heterocycles. The van der Waals surface area contributed by atoms with E-state index < -0.39 is 0 Å². The van der Waals surface area contributed by atoms with Crippen molar-refractivity contribution in [2.24, 2.45) is 0 Å². The third kappa shape index (κ3) is 1.74. The Morgan fingerprint density at radius 2 is 2.27 bits per heavy atom. The second-order valence-electron chi connectivity index (χ2n) is 3.86. The van der Waals surface area contributed by atoms with Crippen LogP contribution in [0, 0.1) is 6.92 Å². The largest absolute Gasteiger partial charge is 0.508 e. The Morgan fingerprint density at radius 3 is 2.73 bits per heavy atom. The van der Waals surface area contributed by atoms with E-state index in [2.05, 4.69) is 22.5 Å². The van der Waals surface area contributed by atoms with Gasteiger partial charge < -0.3 is 9.67 Å². The predicted molar refractivity (Wildman–Crippen MR) is 63.1 cm³/mol. The van der Waals surface area contributed by atoms with Crippen molar-refractivity contribution in [2.45, 2.75) is 25.8 Å². The van der Waals surface area contributed by atoms with Gasteiger partial charge in [0, 0.05) is 17.9 Å². The molecule has 0 aromatic carbocycles. The summed E-state index contributed by atoms with van der Waals surface area (Å²) in [6.45, 7) is 5.30. The minimum absolute atomic E-state index is 0.171. The lowest BCUT2D eigenvalue weighted by Gasteiger charge is -2.12. The summed E-state index contributed by atoms with van der Waals surface area (Å²) >= 11 is 3.26. The molecular weight excluding hydrogens is 258 g/mol. The summed E-state index contributed by atoms with van der Waals surface area (Å²) in [5, 5.41) is 9.32. The maximum absolute atomic E-state index is 11.7. The van der Waals surface area contributed by atoms with Crippen LogP contribution in [0.1, 0.15) is 30.1 Å². The van der Waals surface area contributed by atoms with Gasteiger partial charge in [-0.1, -0.05) is 6.58 Å². The van der Waals surface area contributed by atoms with E-state index in [0.29, 0.717) is 10.5 Å². The van der Waals surface area contributed by atoms with Crippen LogP contribution in [-0.4, -0.2) is 9.67 Å². The molecule has 0 aliphatic heterocycles. The van der Waals surface area contributed by atoms with Gasteiger partial charge in [0.2, 0.25) is 5.43 Å². The number of aliphatic hydroxyl groups is 1. The van der Waals surface area contributed by atoms with Crippen molar-refractivity contribution < 1.29 is 5.11 Å². The van der Waals surface area contributed by atoms with E-state index in [1.165, 1.54) is 0 Å². The van der Waals surface area contributed by atoms with Crippen LogP contribution < -0.4 is 5.43 Å². The Balaban J connectivity index is 2.68. The predicted octanol–water partition coefficient (Wildman–Crippen LogP) is 2.78. The summed E-state index contributed by atoms with van der Waals surface area (Å²) in [4.78, 5) is 11.7. The van der Waals surface area contributed by atoms with Gasteiger partial charge in [-0.25, -0.2) is 0 Å². The first-order valence-corrected chi connectivity index (χ1v) is 5.61. The standard InChI is InChI=1S/C11H12BrNO2/c1-6-10(12)11(15)9(7(2)14)5-13(6)8-3-4-8/h5,8,14H,2-4H2,1H3. The molecule has 4 heteroatoms. The third-order valence-electron chi connectivity index (χ3n) is 2.67. The zero-order chi connectivity index (χ0) is 11.2. The molecule has 0 unspecified atom stereocenters. The first-order valence-electron chi connectivity index (χ1n) is 4.82. The van der Waals surface area contributed by atoms with Crippen LogP contribution in [0.15, 0.2) is 22.0 Å². The molecule has 80 valence electrons. The van der Waals surface area contributed by atoms with Crippen molar-refractivity contribution in [1.82, 2.24) is 4.57 Å². The summed E-state index contributed by atoms with van der Waals surface area (Å²) in [6.07, 6.45) is 3.96. The number of hydrogen-bond donors (Lipinski definition) is 1. The summed E-state index contributed by atoms with van der Waals surface area (Å²) in [5.41, 5.74) is 0.990. The highest BCUT2D eigenvalue weighted by atomic mass is 79.9. The van der Waals surface area contributed by atoms with Crippen LogP contribution in [0.4, 0.5) is 0 Å². The van der Waals surface area contributed by atoms with E-state index in [1.807, 2.05) is 11.5 Å². The fourth-order valence-electron chi connectivity index (χ4n) is 1.63. The molecule has 0 amide bonds. The number of aliphatic hydroxyl groups excluding tert-OH is 1. The Bertz CT molecular complexity index is 486. The molecule has 1 aliphatic carbocycles. The first-order chi connectivity index (χ1) is 7.02. The molecule has 3 nitrogen and oxygen atoms in total. The van der Waals surface area contributed by atoms with Crippen LogP contribution in [-0.2, 0) is 0 Å². The highest BCUT2D eigenvalue weighted by Crippen LogP contribution is 2.36. The average molecular weight is 270 g/mol. The monoisotopic (exact) mass is 269 g/mol. The highest BCUT2D eigenvalue weighted by Gasteiger charge is 2.26. The van der Waals surface area contributed by atoms with Crippen molar-refractivity contribution in [2.75, 3.05) is 0 Å². The van der Waals surface area contributed by atoms with E-state index in [-0.39, 0.29) is 16.8 Å². The quantitative estimate of drug-likeness (QED) is 0.839. The molecule has 0 atom stereocenters. The first kappa shape index (κ1) is 10.5. The average Bonchev–Trinajstić information content (AvgIpc) is 2.97. The van der Waals surface area contributed by atoms with Gasteiger partial charge in [-0.05, 0) is 35.7 Å². The van der Waals surface area contributed by atoms with Crippen molar-refractivity contribution in [1.29, 1.82) is 0 Å². The number of aromatic nitrogens is 1. The van der Waals surface area contributed by atoms with Crippen LogP contribution in [0.3, 0.4) is 0 Å².